The molecule has 0 aliphatic carbocycles. The molecular weight excluding hydrogens is 545 g/mol. The number of aromatic nitrogens is 3. The van der Waals surface area contributed by atoms with E-state index in [9.17, 15) is 14.4 Å². The number of benzene rings is 1. The summed E-state index contributed by atoms with van der Waals surface area (Å²) in [6.07, 6.45) is 4.12. The summed E-state index contributed by atoms with van der Waals surface area (Å²) in [5.74, 6) is 1.63. The molecule has 0 spiro atoms. The van der Waals surface area contributed by atoms with E-state index in [0.717, 1.165) is 49.3 Å². The van der Waals surface area contributed by atoms with E-state index in [0.29, 0.717) is 34.9 Å². The summed E-state index contributed by atoms with van der Waals surface area (Å²) >= 11 is 0. The Balaban J connectivity index is 0.00000210. The molecule has 39 heavy (non-hydrogen) atoms. The zero-order valence-electron chi connectivity index (χ0n) is 21.7. The maximum absolute atomic E-state index is 12.9. The number of rotatable bonds is 7. The van der Waals surface area contributed by atoms with Crippen molar-refractivity contribution in [1.29, 1.82) is 0 Å². The van der Waals surface area contributed by atoms with Crippen LogP contribution in [0.4, 0.5) is 5.82 Å². The van der Waals surface area contributed by atoms with Gasteiger partial charge in [-0.05, 0) is 30.7 Å². The molecule has 12 heteroatoms. The van der Waals surface area contributed by atoms with Crippen LogP contribution in [0.2, 0.25) is 0 Å². The van der Waals surface area contributed by atoms with Crippen molar-refractivity contribution in [2.75, 3.05) is 44.2 Å². The zero-order valence-corrected chi connectivity index (χ0v) is 23.4. The van der Waals surface area contributed by atoms with E-state index in [1.165, 1.54) is 23.7 Å². The third kappa shape index (κ3) is 6.35. The Morgan fingerprint density at radius 2 is 1.72 bits per heavy atom. The van der Waals surface area contributed by atoms with Crippen molar-refractivity contribution in [3.8, 4) is 17.1 Å². The van der Waals surface area contributed by atoms with Crippen LogP contribution < -0.4 is 26.3 Å². The largest absolute Gasteiger partial charge is 0.493 e. The lowest BCUT2D eigenvalue weighted by Gasteiger charge is -2.36. The van der Waals surface area contributed by atoms with Crippen molar-refractivity contribution in [3.05, 3.63) is 85.9 Å². The number of hydrogen-bond donors (Lipinski definition) is 0. The summed E-state index contributed by atoms with van der Waals surface area (Å²) in [5, 5.41) is 0.434. The number of pyridine rings is 1. The molecule has 1 aliphatic rings. The van der Waals surface area contributed by atoms with E-state index in [4.69, 9.17) is 9.15 Å². The fourth-order valence-corrected chi connectivity index (χ4v) is 4.64. The van der Waals surface area contributed by atoms with E-state index < -0.39 is 0 Å². The first-order valence-corrected chi connectivity index (χ1v) is 12.3. The quantitative estimate of drug-likeness (QED) is 0.310. The molecule has 0 bridgehead atoms. The number of fused-ring (bicyclic) bond motifs is 1. The van der Waals surface area contributed by atoms with E-state index >= 15 is 0 Å². The van der Waals surface area contributed by atoms with Gasteiger partial charge in [-0.15, -0.1) is 24.8 Å². The van der Waals surface area contributed by atoms with Gasteiger partial charge in [-0.1, -0.05) is 6.07 Å². The normalized spacial score (nSPS) is 13.5. The van der Waals surface area contributed by atoms with Crippen LogP contribution in [0.1, 0.15) is 6.42 Å². The van der Waals surface area contributed by atoms with Crippen molar-refractivity contribution in [3.63, 3.8) is 0 Å². The first-order valence-electron chi connectivity index (χ1n) is 12.3. The van der Waals surface area contributed by atoms with Crippen LogP contribution in [0.5, 0.6) is 5.75 Å². The fourth-order valence-electron chi connectivity index (χ4n) is 4.64. The molecule has 1 aromatic carbocycles. The first kappa shape index (κ1) is 29.9. The molecule has 0 atom stereocenters. The molecule has 0 amide bonds. The van der Waals surface area contributed by atoms with Gasteiger partial charge in [0.25, 0.3) is 5.56 Å². The second-order valence-corrected chi connectivity index (χ2v) is 9.12. The van der Waals surface area contributed by atoms with Crippen LogP contribution in [0, 0.1) is 0 Å². The predicted octanol–water partition coefficient (Wildman–Crippen LogP) is 2.69. The second-order valence-electron chi connectivity index (χ2n) is 9.12. The van der Waals surface area contributed by atoms with Crippen LogP contribution in [-0.4, -0.2) is 58.3 Å². The highest BCUT2D eigenvalue weighted by Crippen LogP contribution is 2.27. The molecule has 0 N–H and O–H groups in total. The van der Waals surface area contributed by atoms with Crippen LogP contribution in [0.3, 0.4) is 0 Å². The average Bonchev–Trinajstić information content (AvgIpc) is 2.92. The minimum Gasteiger partial charge on any atom is -0.493 e. The molecule has 1 saturated heterocycles. The van der Waals surface area contributed by atoms with Crippen molar-refractivity contribution in [1.82, 2.24) is 19.0 Å². The van der Waals surface area contributed by atoms with Gasteiger partial charge in [0.05, 0.1) is 6.61 Å². The Hall–Kier alpha value is -3.60. The van der Waals surface area contributed by atoms with Gasteiger partial charge in [0.15, 0.2) is 5.43 Å². The highest BCUT2D eigenvalue weighted by Gasteiger charge is 2.20. The van der Waals surface area contributed by atoms with E-state index in [-0.39, 0.29) is 41.5 Å². The predicted molar refractivity (Wildman–Crippen MR) is 156 cm³/mol. The fraction of sp³-hybridized carbons (Fsp3) is 0.333. The number of anilines is 1. The summed E-state index contributed by atoms with van der Waals surface area (Å²) in [6.45, 7) is 4.40. The van der Waals surface area contributed by atoms with Crippen LogP contribution in [0.15, 0.2) is 73.7 Å². The van der Waals surface area contributed by atoms with E-state index in [2.05, 4.69) is 14.8 Å². The molecule has 5 rings (SSSR count). The molecule has 208 valence electrons. The van der Waals surface area contributed by atoms with E-state index in [1.807, 2.05) is 12.1 Å². The van der Waals surface area contributed by atoms with Gasteiger partial charge < -0.3 is 14.1 Å². The van der Waals surface area contributed by atoms with Crippen LogP contribution >= 0.6 is 24.8 Å². The Labute approximate surface area is 237 Å². The molecule has 0 saturated carbocycles. The highest BCUT2D eigenvalue weighted by molar-refractivity contribution is 5.86. The third-order valence-corrected chi connectivity index (χ3v) is 6.74. The number of nitrogens with zero attached hydrogens (tertiary/aromatic N) is 5. The molecule has 1 fully saturated rings. The van der Waals surface area contributed by atoms with Gasteiger partial charge >= 0.3 is 5.69 Å². The Kier molecular flexibility index (Phi) is 9.96. The first-order chi connectivity index (χ1) is 17.9. The monoisotopic (exact) mass is 575 g/mol. The molecular formula is C27H31Cl2N5O5. The van der Waals surface area contributed by atoms with Gasteiger partial charge in [0.2, 0.25) is 0 Å². The van der Waals surface area contributed by atoms with Crippen LogP contribution in [0.25, 0.3) is 22.3 Å². The molecule has 4 aromatic rings. The number of piperazine rings is 1. The zero-order chi connectivity index (χ0) is 25.9. The molecule has 1 aliphatic heterocycles. The smallest absolute Gasteiger partial charge is 0.332 e. The van der Waals surface area contributed by atoms with Gasteiger partial charge in [-0.3, -0.25) is 28.6 Å². The third-order valence-electron chi connectivity index (χ3n) is 6.74. The number of ether oxygens (including phenoxy) is 1. The van der Waals surface area contributed by atoms with Gasteiger partial charge in [-0.2, -0.15) is 0 Å². The minimum atomic E-state index is -0.321. The molecule has 10 nitrogen and oxygen atoms in total. The van der Waals surface area contributed by atoms with Gasteiger partial charge in [0, 0.05) is 76.9 Å². The summed E-state index contributed by atoms with van der Waals surface area (Å²) in [6, 6.07) is 12.0. The maximum atomic E-state index is 12.9. The second kappa shape index (κ2) is 13.0. The van der Waals surface area contributed by atoms with Crippen molar-refractivity contribution >= 4 is 41.6 Å². The Bertz CT molecular complexity index is 1590. The maximum Gasteiger partial charge on any atom is 0.332 e. The highest BCUT2D eigenvalue weighted by atomic mass is 35.5. The topological polar surface area (TPSA) is 103 Å². The van der Waals surface area contributed by atoms with Crippen molar-refractivity contribution < 1.29 is 9.15 Å². The molecule has 4 heterocycles. The minimum absolute atomic E-state index is 0. The molecule has 3 aromatic heterocycles. The summed E-state index contributed by atoms with van der Waals surface area (Å²) in [7, 11) is 3.17. The van der Waals surface area contributed by atoms with Gasteiger partial charge in [-0.25, -0.2) is 4.79 Å². The molecule has 0 radical (unpaired) electrons. The SMILES string of the molecule is Cl.Cl.Cn1c(N2CCN(CCCOc3cccc4oc(-c5cccnc5)cc(=O)c34)CC2)cc(=O)n(C)c1=O. The van der Waals surface area contributed by atoms with Crippen LogP contribution in [-0.2, 0) is 14.1 Å². The number of halogens is 2. The molecule has 0 unspecified atom stereocenters. The summed E-state index contributed by atoms with van der Waals surface area (Å²) in [5.41, 5.74) is 0.443. The lowest BCUT2D eigenvalue weighted by molar-refractivity contribution is 0.224. The lowest BCUT2D eigenvalue weighted by atomic mass is 10.1. The number of hydrogen-bond acceptors (Lipinski definition) is 8. The van der Waals surface area contributed by atoms with Crippen molar-refractivity contribution in [2.24, 2.45) is 14.1 Å². The standard InChI is InChI=1S/C27H29N5O5.2ClH/c1-29-24(17-25(34)30(2)27(29)35)32-13-11-31(12-14-32)10-5-15-36-21-7-3-8-22-26(21)20(33)16-23(37-22)19-6-4-9-28-18-19;;/h3-4,6-9,16-18H,5,10-15H2,1-2H3;2*1H. The summed E-state index contributed by atoms with van der Waals surface area (Å²) < 4.78 is 14.6. The van der Waals surface area contributed by atoms with Gasteiger partial charge in [0.1, 0.15) is 28.3 Å². The average molecular weight is 576 g/mol. The Morgan fingerprint density at radius 3 is 2.44 bits per heavy atom. The van der Waals surface area contributed by atoms with Crippen molar-refractivity contribution in [2.45, 2.75) is 6.42 Å². The Morgan fingerprint density at radius 1 is 0.949 bits per heavy atom. The lowest BCUT2D eigenvalue weighted by Crippen LogP contribution is -2.49. The summed E-state index contributed by atoms with van der Waals surface area (Å²) in [4.78, 5) is 45.7. The van der Waals surface area contributed by atoms with E-state index in [1.54, 1.807) is 37.6 Å².